The number of halogens is 1. The van der Waals surface area contributed by atoms with Crippen LogP contribution in [0.15, 0.2) is 24.3 Å². The van der Waals surface area contributed by atoms with E-state index in [9.17, 15) is 13.2 Å². The fourth-order valence-corrected chi connectivity index (χ4v) is 4.55. The third kappa shape index (κ3) is 5.86. The Bertz CT molecular complexity index is 746. The number of ether oxygens (including phenoxy) is 1. The normalized spacial score (nSPS) is 18.8. The molecule has 6 nitrogen and oxygen atoms in total. The van der Waals surface area contributed by atoms with Crippen LogP contribution in [-0.4, -0.2) is 55.5 Å². The van der Waals surface area contributed by atoms with Crippen LogP contribution in [0.5, 0.6) is 0 Å². The van der Waals surface area contributed by atoms with Crippen molar-refractivity contribution in [2.45, 2.75) is 51.0 Å². The number of hydrogen-bond acceptors (Lipinski definition) is 4. The van der Waals surface area contributed by atoms with Gasteiger partial charge in [0.05, 0.1) is 5.75 Å². The number of amides is 1. The van der Waals surface area contributed by atoms with Crippen LogP contribution >= 0.6 is 11.6 Å². The number of likely N-dealkylation sites (tertiary alicyclic amines) is 1. The van der Waals surface area contributed by atoms with E-state index >= 15 is 0 Å². The van der Waals surface area contributed by atoms with E-state index in [1.807, 2.05) is 20.8 Å². The van der Waals surface area contributed by atoms with Gasteiger partial charge >= 0.3 is 6.09 Å². The quantitative estimate of drug-likeness (QED) is 0.772. The van der Waals surface area contributed by atoms with Gasteiger partial charge in [-0.15, -0.1) is 0 Å². The number of hydrogen-bond donors (Lipinski definition) is 0. The lowest BCUT2D eigenvalue weighted by Crippen LogP contribution is -2.51. The summed E-state index contributed by atoms with van der Waals surface area (Å²) in [6, 6.07) is 6.58. The van der Waals surface area contributed by atoms with Crippen LogP contribution in [0, 0.1) is 0 Å². The van der Waals surface area contributed by atoms with Crippen molar-refractivity contribution < 1.29 is 17.9 Å². The Labute approximate surface area is 161 Å². The Kier molecular flexibility index (Phi) is 6.58. The molecule has 8 heteroatoms. The number of piperidine rings is 1. The van der Waals surface area contributed by atoms with Gasteiger partial charge in [-0.2, -0.15) is 4.31 Å². The first-order chi connectivity index (χ1) is 12.0. The summed E-state index contributed by atoms with van der Waals surface area (Å²) in [5.41, 5.74) is 0.0679. The van der Waals surface area contributed by atoms with E-state index in [0.29, 0.717) is 30.1 Å². The largest absolute Gasteiger partial charge is 0.444 e. The molecule has 0 unspecified atom stereocenters. The van der Waals surface area contributed by atoms with Crippen LogP contribution in [0.4, 0.5) is 4.79 Å². The van der Waals surface area contributed by atoms with Gasteiger partial charge in [0.1, 0.15) is 5.60 Å². The van der Waals surface area contributed by atoms with Gasteiger partial charge in [0, 0.05) is 31.2 Å². The predicted molar refractivity (Wildman–Crippen MR) is 103 cm³/mol. The lowest BCUT2D eigenvalue weighted by atomic mass is 10.1. The van der Waals surface area contributed by atoms with Gasteiger partial charge in [0.15, 0.2) is 0 Å². The molecule has 0 aliphatic carbocycles. The van der Waals surface area contributed by atoms with Gasteiger partial charge in [-0.05, 0) is 51.3 Å². The summed E-state index contributed by atoms with van der Waals surface area (Å²) in [5, 5.41) is 0.508. The van der Waals surface area contributed by atoms with Crippen molar-refractivity contribution in [3.8, 4) is 0 Å². The molecular weight excluding hydrogens is 376 g/mol. The standard InChI is InChI=1S/C18H27ClN2O4S/c1-18(2,3)25-17(22)21-10-6-9-16(12-21)20(4)26(23,24)13-14-7-5-8-15(19)11-14/h5,7-8,11,16H,6,9-10,12-13H2,1-4H3/t16-/m0/s1. The highest BCUT2D eigenvalue weighted by Gasteiger charge is 2.33. The zero-order valence-corrected chi connectivity index (χ0v) is 17.3. The molecule has 1 aliphatic heterocycles. The Morgan fingerprint density at radius 3 is 2.69 bits per heavy atom. The zero-order chi connectivity index (χ0) is 19.5. The van der Waals surface area contributed by atoms with E-state index in [-0.39, 0.29) is 11.8 Å². The summed E-state index contributed by atoms with van der Waals surface area (Å²) in [5.74, 6) is -0.118. The predicted octanol–water partition coefficient (Wildman–Crippen LogP) is 3.50. The average molecular weight is 403 g/mol. The fourth-order valence-electron chi connectivity index (χ4n) is 2.91. The van der Waals surface area contributed by atoms with Gasteiger partial charge in [-0.25, -0.2) is 13.2 Å². The molecule has 1 saturated heterocycles. The highest BCUT2D eigenvalue weighted by molar-refractivity contribution is 7.88. The second kappa shape index (κ2) is 8.15. The van der Waals surface area contributed by atoms with E-state index in [2.05, 4.69) is 0 Å². The number of nitrogens with zero attached hydrogens (tertiary/aromatic N) is 2. The molecule has 0 saturated carbocycles. The van der Waals surface area contributed by atoms with Gasteiger partial charge in [0.25, 0.3) is 0 Å². The maximum absolute atomic E-state index is 12.8. The number of carbonyl (C=O) groups is 1. The van der Waals surface area contributed by atoms with E-state index < -0.39 is 21.7 Å². The number of carbonyl (C=O) groups excluding carboxylic acids is 1. The minimum Gasteiger partial charge on any atom is -0.444 e. The first-order valence-electron chi connectivity index (χ1n) is 8.66. The minimum absolute atomic E-state index is 0.118. The summed E-state index contributed by atoms with van der Waals surface area (Å²) in [6.45, 7) is 6.35. The molecule has 1 aliphatic rings. The number of sulfonamides is 1. The van der Waals surface area contributed by atoms with Gasteiger partial charge in [-0.1, -0.05) is 23.7 Å². The molecule has 0 bridgehead atoms. The molecular formula is C18H27ClN2O4S. The molecule has 1 amide bonds. The van der Waals surface area contributed by atoms with Crippen molar-refractivity contribution >= 4 is 27.7 Å². The first-order valence-corrected chi connectivity index (χ1v) is 10.6. The molecule has 146 valence electrons. The lowest BCUT2D eigenvalue weighted by molar-refractivity contribution is 0.0163. The summed E-state index contributed by atoms with van der Waals surface area (Å²) < 4.78 is 32.3. The molecule has 0 spiro atoms. The first kappa shape index (κ1) is 21.0. The van der Waals surface area contributed by atoms with E-state index in [1.54, 1.807) is 36.2 Å². The number of rotatable bonds is 4. The zero-order valence-electron chi connectivity index (χ0n) is 15.7. The van der Waals surface area contributed by atoms with Crippen molar-refractivity contribution in [3.05, 3.63) is 34.9 Å². The van der Waals surface area contributed by atoms with Crippen LogP contribution in [0.2, 0.25) is 5.02 Å². The Morgan fingerprint density at radius 1 is 1.38 bits per heavy atom. The summed E-state index contributed by atoms with van der Waals surface area (Å²) in [7, 11) is -1.95. The van der Waals surface area contributed by atoms with E-state index in [1.165, 1.54) is 4.31 Å². The number of likely N-dealkylation sites (N-methyl/N-ethyl adjacent to an activating group) is 1. The summed E-state index contributed by atoms with van der Waals surface area (Å²) in [6.07, 6.45) is 1.05. The van der Waals surface area contributed by atoms with Crippen molar-refractivity contribution in [1.82, 2.24) is 9.21 Å². The highest BCUT2D eigenvalue weighted by atomic mass is 35.5. The van der Waals surface area contributed by atoms with Crippen LogP contribution in [0.25, 0.3) is 0 Å². The fraction of sp³-hybridized carbons (Fsp3) is 0.611. The molecule has 0 radical (unpaired) electrons. The number of benzene rings is 1. The molecule has 2 rings (SSSR count). The van der Waals surface area contributed by atoms with Crippen molar-refractivity contribution in [2.24, 2.45) is 0 Å². The maximum Gasteiger partial charge on any atom is 0.410 e. The van der Waals surface area contributed by atoms with Crippen LogP contribution in [0.1, 0.15) is 39.2 Å². The second-order valence-corrected chi connectivity index (χ2v) is 10.1. The highest BCUT2D eigenvalue weighted by Crippen LogP contribution is 2.22. The van der Waals surface area contributed by atoms with Crippen molar-refractivity contribution in [1.29, 1.82) is 0 Å². The Balaban J connectivity index is 2.05. The molecule has 1 aromatic carbocycles. The Morgan fingerprint density at radius 2 is 2.08 bits per heavy atom. The molecule has 0 aromatic heterocycles. The third-order valence-corrected chi connectivity index (χ3v) is 6.35. The monoisotopic (exact) mass is 402 g/mol. The molecule has 26 heavy (non-hydrogen) atoms. The second-order valence-electron chi connectivity index (χ2n) is 7.62. The maximum atomic E-state index is 12.8. The van der Waals surface area contributed by atoms with E-state index in [4.69, 9.17) is 16.3 Å². The molecule has 0 N–H and O–H groups in total. The SMILES string of the molecule is CN([C@H]1CCCN(C(=O)OC(C)(C)C)C1)S(=O)(=O)Cc1cccc(Cl)c1. The topological polar surface area (TPSA) is 66.9 Å². The Hall–Kier alpha value is -1.31. The summed E-state index contributed by atoms with van der Waals surface area (Å²) in [4.78, 5) is 13.9. The minimum atomic E-state index is -3.52. The molecule has 1 heterocycles. The van der Waals surface area contributed by atoms with Crippen LogP contribution < -0.4 is 0 Å². The van der Waals surface area contributed by atoms with Crippen LogP contribution in [-0.2, 0) is 20.5 Å². The summed E-state index contributed by atoms with van der Waals surface area (Å²) >= 11 is 5.94. The van der Waals surface area contributed by atoms with Crippen LogP contribution in [0.3, 0.4) is 0 Å². The average Bonchev–Trinajstić information content (AvgIpc) is 2.52. The van der Waals surface area contributed by atoms with Gasteiger partial charge in [-0.3, -0.25) is 0 Å². The van der Waals surface area contributed by atoms with E-state index in [0.717, 1.165) is 6.42 Å². The van der Waals surface area contributed by atoms with Crippen molar-refractivity contribution in [3.63, 3.8) is 0 Å². The van der Waals surface area contributed by atoms with Gasteiger partial charge in [0.2, 0.25) is 10.0 Å². The van der Waals surface area contributed by atoms with Crippen molar-refractivity contribution in [2.75, 3.05) is 20.1 Å². The molecule has 1 aromatic rings. The lowest BCUT2D eigenvalue weighted by Gasteiger charge is -2.37. The molecule has 1 atom stereocenters. The van der Waals surface area contributed by atoms with Gasteiger partial charge < -0.3 is 9.64 Å². The molecule has 1 fully saturated rings. The smallest absolute Gasteiger partial charge is 0.410 e. The third-order valence-electron chi connectivity index (χ3n) is 4.24.